The summed E-state index contributed by atoms with van der Waals surface area (Å²) in [5, 5.41) is 0. The van der Waals surface area contributed by atoms with E-state index in [1.807, 2.05) is 0 Å². The molecule has 1 heteroatoms. The van der Waals surface area contributed by atoms with Crippen molar-refractivity contribution in [1.82, 2.24) is 0 Å². The number of rotatable bonds is 0. The Balaban J connectivity index is 2.50. The summed E-state index contributed by atoms with van der Waals surface area (Å²) in [7, 11) is 0. The van der Waals surface area contributed by atoms with Crippen molar-refractivity contribution in [1.29, 1.82) is 0 Å². The van der Waals surface area contributed by atoms with Crippen LogP contribution in [0.4, 0.5) is 0 Å². The van der Waals surface area contributed by atoms with Crippen molar-refractivity contribution < 1.29 is 4.42 Å². The fraction of sp³-hybridized carbons (Fsp3) is 0.333. The maximum absolute atomic E-state index is 5.25. The predicted molar refractivity (Wildman–Crippen MR) is 40.7 cm³/mol. The first kappa shape index (κ1) is 5.78. The van der Waals surface area contributed by atoms with Gasteiger partial charge in [0, 0.05) is 0 Å². The number of allylic oxidation sites excluding steroid dienone is 1. The van der Waals surface area contributed by atoms with E-state index in [9.17, 15) is 0 Å². The van der Waals surface area contributed by atoms with Gasteiger partial charge in [0.25, 0.3) is 0 Å². The predicted octanol–water partition coefficient (Wildman–Crippen LogP) is 2.63. The molecule has 0 fully saturated rings. The van der Waals surface area contributed by atoms with Crippen LogP contribution in [0.25, 0.3) is 6.08 Å². The Labute approximate surface area is 60.4 Å². The number of aryl methyl sites for hydroxylation is 1. The van der Waals surface area contributed by atoms with Gasteiger partial charge < -0.3 is 4.42 Å². The van der Waals surface area contributed by atoms with E-state index in [-0.39, 0.29) is 0 Å². The summed E-state index contributed by atoms with van der Waals surface area (Å²) in [4.78, 5) is 0. The highest BCUT2D eigenvalue weighted by atomic mass is 16.3. The molecule has 0 saturated heterocycles. The van der Waals surface area contributed by atoms with Crippen LogP contribution in [0.15, 0.2) is 22.3 Å². The summed E-state index contributed by atoms with van der Waals surface area (Å²) in [6, 6.07) is 2.05. The van der Waals surface area contributed by atoms with E-state index in [2.05, 4.69) is 19.1 Å². The monoisotopic (exact) mass is 134 g/mol. The Morgan fingerprint density at radius 3 is 3.20 bits per heavy atom. The number of furan rings is 1. The van der Waals surface area contributed by atoms with Crippen LogP contribution in [-0.2, 0) is 6.42 Å². The molecule has 0 radical (unpaired) electrons. The Hall–Kier alpha value is -0.980. The molecular weight excluding hydrogens is 124 g/mol. The van der Waals surface area contributed by atoms with Crippen LogP contribution in [0.3, 0.4) is 0 Å². The van der Waals surface area contributed by atoms with Crippen LogP contribution in [0, 0.1) is 0 Å². The standard InChI is InChI=1S/C9H10O/c1-7-2-3-8-4-5-10-9(8)6-7/h4-6H,2-3H2,1H3. The number of fused-ring (bicyclic) bond motifs is 1. The Morgan fingerprint density at radius 1 is 1.40 bits per heavy atom. The summed E-state index contributed by atoms with van der Waals surface area (Å²) in [6.07, 6.45) is 6.22. The summed E-state index contributed by atoms with van der Waals surface area (Å²) in [5.41, 5.74) is 2.77. The molecule has 1 aliphatic carbocycles. The van der Waals surface area contributed by atoms with Crippen LogP contribution in [0.1, 0.15) is 24.7 Å². The molecule has 0 unspecified atom stereocenters. The molecule has 1 aromatic heterocycles. The van der Waals surface area contributed by atoms with Gasteiger partial charge in [-0.15, -0.1) is 0 Å². The van der Waals surface area contributed by atoms with Crippen molar-refractivity contribution in [2.45, 2.75) is 19.8 Å². The molecule has 0 aliphatic heterocycles. The lowest BCUT2D eigenvalue weighted by Gasteiger charge is -2.06. The Morgan fingerprint density at radius 2 is 2.30 bits per heavy atom. The summed E-state index contributed by atoms with van der Waals surface area (Å²) in [6.45, 7) is 2.14. The van der Waals surface area contributed by atoms with Gasteiger partial charge in [-0.25, -0.2) is 0 Å². The van der Waals surface area contributed by atoms with Crippen molar-refractivity contribution in [2.75, 3.05) is 0 Å². The average Bonchev–Trinajstić information content (AvgIpc) is 2.33. The van der Waals surface area contributed by atoms with Crippen LogP contribution in [0.5, 0.6) is 0 Å². The van der Waals surface area contributed by atoms with E-state index in [0.29, 0.717) is 0 Å². The molecule has 0 saturated carbocycles. The van der Waals surface area contributed by atoms with Gasteiger partial charge in [-0.2, -0.15) is 0 Å². The first-order valence-electron chi connectivity index (χ1n) is 3.60. The van der Waals surface area contributed by atoms with Gasteiger partial charge in [0.1, 0.15) is 5.76 Å². The maximum atomic E-state index is 5.25. The lowest BCUT2D eigenvalue weighted by Crippen LogP contribution is -1.92. The maximum Gasteiger partial charge on any atom is 0.129 e. The highest BCUT2D eigenvalue weighted by Crippen LogP contribution is 2.23. The Kier molecular flexibility index (Phi) is 1.16. The molecule has 1 nitrogen and oxygen atoms in total. The Bertz CT molecular complexity index is 268. The van der Waals surface area contributed by atoms with E-state index < -0.39 is 0 Å². The van der Waals surface area contributed by atoms with Crippen LogP contribution in [0.2, 0.25) is 0 Å². The van der Waals surface area contributed by atoms with Crippen molar-refractivity contribution in [3.05, 3.63) is 29.2 Å². The molecule has 0 N–H and O–H groups in total. The topological polar surface area (TPSA) is 13.1 Å². The average molecular weight is 134 g/mol. The highest BCUT2D eigenvalue weighted by molar-refractivity contribution is 5.53. The normalized spacial score (nSPS) is 16.3. The second kappa shape index (κ2) is 2.01. The van der Waals surface area contributed by atoms with Crippen molar-refractivity contribution >= 4 is 6.08 Å². The third-order valence-corrected chi connectivity index (χ3v) is 1.95. The first-order valence-corrected chi connectivity index (χ1v) is 3.60. The molecule has 0 aromatic carbocycles. The fourth-order valence-corrected chi connectivity index (χ4v) is 1.31. The van der Waals surface area contributed by atoms with Crippen LogP contribution >= 0.6 is 0 Å². The van der Waals surface area contributed by atoms with Crippen LogP contribution < -0.4 is 0 Å². The lowest BCUT2D eigenvalue weighted by molar-refractivity contribution is 0.550. The first-order chi connectivity index (χ1) is 4.86. The van der Waals surface area contributed by atoms with Gasteiger partial charge >= 0.3 is 0 Å². The molecule has 1 aromatic rings. The van der Waals surface area contributed by atoms with Crippen molar-refractivity contribution in [3.63, 3.8) is 0 Å². The smallest absolute Gasteiger partial charge is 0.129 e. The largest absolute Gasteiger partial charge is 0.465 e. The number of hydrogen-bond donors (Lipinski definition) is 0. The molecular formula is C9H10O. The minimum Gasteiger partial charge on any atom is -0.465 e. The van der Waals surface area contributed by atoms with Gasteiger partial charge in [-0.3, -0.25) is 0 Å². The zero-order chi connectivity index (χ0) is 6.97. The van der Waals surface area contributed by atoms with E-state index in [4.69, 9.17) is 4.42 Å². The summed E-state index contributed by atoms with van der Waals surface area (Å²) < 4.78 is 5.25. The van der Waals surface area contributed by atoms with E-state index in [1.54, 1.807) is 6.26 Å². The van der Waals surface area contributed by atoms with Gasteiger partial charge in [0.15, 0.2) is 0 Å². The number of hydrogen-bond acceptors (Lipinski definition) is 1. The van der Waals surface area contributed by atoms with E-state index >= 15 is 0 Å². The fourth-order valence-electron chi connectivity index (χ4n) is 1.31. The van der Waals surface area contributed by atoms with Crippen molar-refractivity contribution in [3.8, 4) is 0 Å². The minimum absolute atomic E-state index is 1.06. The van der Waals surface area contributed by atoms with Crippen molar-refractivity contribution in [2.24, 2.45) is 0 Å². The molecule has 52 valence electrons. The summed E-state index contributed by atoms with van der Waals surface area (Å²) >= 11 is 0. The SMILES string of the molecule is CC1=Cc2occc2CC1. The second-order valence-electron chi connectivity index (χ2n) is 2.80. The van der Waals surface area contributed by atoms with Gasteiger partial charge in [0.05, 0.1) is 6.26 Å². The zero-order valence-corrected chi connectivity index (χ0v) is 6.05. The molecule has 1 heterocycles. The molecule has 2 rings (SSSR count). The van der Waals surface area contributed by atoms with E-state index in [1.165, 1.54) is 17.6 Å². The van der Waals surface area contributed by atoms with Gasteiger partial charge in [0.2, 0.25) is 0 Å². The summed E-state index contributed by atoms with van der Waals surface area (Å²) in [5.74, 6) is 1.06. The molecule has 10 heavy (non-hydrogen) atoms. The molecule has 0 amide bonds. The van der Waals surface area contributed by atoms with Gasteiger partial charge in [-0.1, -0.05) is 5.57 Å². The van der Waals surface area contributed by atoms with Crippen LogP contribution in [-0.4, -0.2) is 0 Å². The second-order valence-corrected chi connectivity index (χ2v) is 2.80. The van der Waals surface area contributed by atoms with Gasteiger partial charge in [-0.05, 0) is 37.5 Å². The molecule has 0 atom stereocenters. The molecule has 1 aliphatic rings. The lowest BCUT2D eigenvalue weighted by atomic mass is 9.99. The third-order valence-electron chi connectivity index (χ3n) is 1.95. The highest BCUT2D eigenvalue weighted by Gasteiger charge is 2.08. The minimum atomic E-state index is 1.06. The molecule has 0 bridgehead atoms. The third kappa shape index (κ3) is 0.783. The van der Waals surface area contributed by atoms with E-state index in [0.717, 1.165) is 12.2 Å². The molecule has 0 spiro atoms. The zero-order valence-electron chi connectivity index (χ0n) is 6.05. The quantitative estimate of drug-likeness (QED) is 0.531.